The number of ether oxygens (including phenoxy) is 1. The highest BCUT2D eigenvalue weighted by molar-refractivity contribution is 7.14. The van der Waals surface area contributed by atoms with Gasteiger partial charge in [0.05, 0.1) is 25.3 Å². The van der Waals surface area contributed by atoms with Crippen LogP contribution in [0.1, 0.15) is 29.0 Å². The normalized spacial score (nSPS) is 15.8. The van der Waals surface area contributed by atoms with Crippen molar-refractivity contribution in [3.63, 3.8) is 0 Å². The summed E-state index contributed by atoms with van der Waals surface area (Å²) in [4.78, 5) is 36.0. The van der Waals surface area contributed by atoms with Crippen molar-refractivity contribution >= 4 is 34.0 Å². The minimum atomic E-state index is -0.232. The first-order valence-electron chi connectivity index (χ1n) is 10.5. The van der Waals surface area contributed by atoms with Gasteiger partial charge in [0.1, 0.15) is 11.4 Å². The van der Waals surface area contributed by atoms with Gasteiger partial charge in [0.25, 0.3) is 5.91 Å². The van der Waals surface area contributed by atoms with Crippen molar-refractivity contribution in [2.24, 2.45) is 5.92 Å². The summed E-state index contributed by atoms with van der Waals surface area (Å²) in [5, 5.41) is 8.51. The number of amides is 2. The number of methoxy groups -OCH3 is 1. The second-order valence-electron chi connectivity index (χ2n) is 7.52. The average Bonchev–Trinajstić information content (AvgIpc) is 3.31. The maximum Gasteiger partial charge on any atom is 0.273 e. The molecule has 0 spiro atoms. The van der Waals surface area contributed by atoms with E-state index in [2.05, 4.69) is 20.6 Å². The maximum absolute atomic E-state index is 13.0. The fourth-order valence-electron chi connectivity index (χ4n) is 3.62. The van der Waals surface area contributed by atoms with Crippen LogP contribution in [-0.4, -0.2) is 46.9 Å². The van der Waals surface area contributed by atoms with Gasteiger partial charge in [0.15, 0.2) is 5.13 Å². The van der Waals surface area contributed by atoms with Gasteiger partial charge in [-0.05, 0) is 37.1 Å². The van der Waals surface area contributed by atoms with Gasteiger partial charge in [-0.25, -0.2) is 4.98 Å². The summed E-state index contributed by atoms with van der Waals surface area (Å²) >= 11 is 1.37. The van der Waals surface area contributed by atoms with Gasteiger partial charge in [-0.2, -0.15) is 0 Å². The van der Waals surface area contributed by atoms with Gasteiger partial charge >= 0.3 is 0 Å². The predicted molar refractivity (Wildman–Crippen MR) is 123 cm³/mol. The zero-order chi connectivity index (χ0) is 22.3. The number of piperidine rings is 1. The number of pyridine rings is 1. The van der Waals surface area contributed by atoms with Gasteiger partial charge in [-0.3, -0.25) is 14.6 Å². The molecule has 1 saturated heterocycles. The van der Waals surface area contributed by atoms with E-state index in [-0.39, 0.29) is 17.7 Å². The number of rotatable bonds is 7. The molecule has 0 bridgehead atoms. The topological polar surface area (TPSA) is 96.5 Å². The molecule has 1 aromatic carbocycles. The Morgan fingerprint density at radius 1 is 1.25 bits per heavy atom. The molecular formula is C23H25N5O3S. The zero-order valence-electron chi connectivity index (χ0n) is 17.8. The molecule has 1 fully saturated rings. The quantitative estimate of drug-likeness (QED) is 0.571. The highest BCUT2D eigenvalue weighted by atomic mass is 32.1. The summed E-state index contributed by atoms with van der Waals surface area (Å²) in [6, 6.07) is 13.1. The van der Waals surface area contributed by atoms with Crippen LogP contribution in [0.2, 0.25) is 0 Å². The van der Waals surface area contributed by atoms with Crippen molar-refractivity contribution in [1.29, 1.82) is 0 Å². The van der Waals surface area contributed by atoms with Crippen LogP contribution in [0, 0.1) is 5.92 Å². The van der Waals surface area contributed by atoms with Gasteiger partial charge in [0, 0.05) is 36.4 Å². The molecule has 4 rings (SSSR count). The third-order valence-electron chi connectivity index (χ3n) is 5.29. The van der Waals surface area contributed by atoms with E-state index in [1.807, 2.05) is 42.5 Å². The molecule has 3 heterocycles. The first kappa shape index (κ1) is 21.8. The maximum atomic E-state index is 13.0. The van der Waals surface area contributed by atoms with E-state index in [0.29, 0.717) is 30.5 Å². The highest BCUT2D eigenvalue weighted by Gasteiger charge is 2.29. The van der Waals surface area contributed by atoms with Crippen LogP contribution in [0.25, 0.3) is 0 Å². The molecule has 1 atom stereocenters. The van der Waals surface area contributed by atoms with E-state index in [4.69, 9.17) is 4.74 Å². The molecular weight excluding hydrogens is 426 g/mol. The second kappa shape index (κ2) is 10.2. The van der Waals surface area contributed by atoms with Gasteiger partial charge < -0.3 is 20.3 Å². The van der Waals surface area contributed by atoms with Crippen LogP contribution in [0.15, 0.2) is 54.0 Å². The van der Waals surface area contributed by atoms with Gasteiger partial charge in [0.2, 0.25) is 5.91 Å². The average molecular weight is 452 g/mol. The minimum absolute atomic E-state index is 0.0492. The van der Waals surface area contributed by atoms with E-state index in [1.165, 1.54) is 11.3 Å². The lowest BCUT2D eigenvalue weighted by atomic mass is 9.97. The number of thiazole rings is 1. The first-order valence-corrected chi connectivity index (χ1v) is 11.3. The number of benzene rings is 1. The number of carbonyl (C=O) groups is 2. The van der Waals surface area contributed by atoms with Crippen molar-refractivity contribution in [3.8, 4) is 5.75 Å². The molecule has 0 aliphatic carbocycles. The fourth-order valence-corrected chi connectivity index (χ4v) is 4.32. The van der Waals surface area contributed by atoms with Crippen molar-refractivity contribution in [1.82, 2.24) is 20.2 Å². The number of hydrogen-bond donors (Lipinski definition) is 2. The second-order valence-corrected chi connectivity index (χ2v) is 8.38. The lowest BCUT2D eigenvalue weighted by Crippen LogP contribution is -2.45. The Hall–Kier alpha value is -3.46. The molecule has 9 heteroatoms. The number of likely N-dealkylation sites (tertiary alicyclic amines) is 1. The van der Waals surface area contributed by atoms with E-state index >= 15 is 0 Å². The Kier molecular flexibility index (Phi) is 6.96. The number of anilines is 2. The summed E-state index contributed by atoms with van der Waals surface area (Å²) in [5.74, 6) is 0.307. The molecule has 166 valence electrons. The third kappa shape index (κ3) is 5.42. The summed E-state index contributed by atoms with van der Waals surface area (Å²) in [5.41, 5.74) is 2.03. The van der Waals surface area contributed by atoms with Gasteiger partial charge in [-0.1, -0.05) is 12.1 Å². The zero-order valence-corrected chi connectivity index (χ0v) is 18.6. The smallest absolute Gasteiger partial charge is 0.273 e. The summed E-state index contributed by atoms with van der Waals surface area (Å²) < 4.78 is 5.23. The molecule has 2 aromatic heterocycles. The Labute approximate surface area is 190 Å². The standard InChI is InChI=1S/C23H25N5O3S/c1-31-19-9-4-8-17(12-19)26-23-27-20(15-32-23)22(30)28-11-5-6-16(14-28)21(29)25-13-18-7-2-3-10-24-18/h2-4,7-10,12,15-16H,5-6,11,13-14H2,1H3,(H,25,29)(H,26,27). The van der Waals surface area contributed by atoms with Crippen LogP contribution >= 0.6 is 11.3 Å². The highest BCUT2D eigenvalue weighted by Crippen LogP contribution is 2.25. The van der Waals surface area contributed by atoms with E-state index in [9.17, 15) is 9.59 Å². The van der Waals surface area contributed by atoms with Gasteiger partial charge in [-0.15, -0.1) is 11.3 Å². The fraction of sp³-hybridized carbons (Fsp3) is 0.304. The molecule has 2 amide bonds. The SMILES string of the molecule is COc1cccc(Nc2nc(C(=O)N3CCCC(C(=O)NCc4ccccn4)C3)cs2)c1. The van der Waals surface area contributed by atoms with Crippen LogP contribution in [0.3, 0.4) is 0 Å². The molecule has 1 unspecified atom stereocenters. The van der Waals surface area contributed by atoms with Crippen molar-refractivity contribution in [2.75, 3.05) is 25.5 Å². The van der Waals surface area contributed by atoms with Crippen LogP contribution in [-0.2, 0) is 11.3 Å². The Balaban J connectivity index is 1.34. The van der Waals surface area contributed by atoms with E-state index in [1.54, 1.807) is 23.6 Å². The number of hydrogen-bond acceptors (Lipinski definition) is 7. The van der Waals surface area contributed by atoms with Crippen molar-refractivity contribution in [2.45, 2.75) is 19.4 Å². The summed E-state index contributed by atoms with van der Waals surface area (Å²) in [6.07, 6.45) is 3.25. The Morgan fingerprint density at radius 2 is 2.16 bits per heavy atom. The molecule has 0 saturated carbocycles. The monoisotopic (exact) mass is 451 g/mol. The van der Waals surface area contributed by atoms with E-state index < -0.39 is 0 Å². The van der Waals surface area contributed by atoms with Crippen LogP contribution in [0.4, 0.5) is 10.8 Å². The number of carbonyl (C=O) groups excluding carboxylic acids is 2. The lowest BCUT2D eigenvalue weighted by molar-refractivity contribution is -0.126. The largest absolute Gasteiger partial charge is 0.497 e. The molecule has 0 radical (unpaired) electrons. The number of nitrogens with zero attached hydrogens (tertiary/aromatic N) is 3. The number of aromatic nitrogens is 2. The van der Waals surface area contributed by atoms with Crippen LogP contribution < -0.4 is 15.4 Å². The van der Waals surface area contributed by atoms with Crippen LogP contribution in [0.5, 0.6) is 5.75 Å². The molecule has 3 aromatic rings. The summed E-state index contributed by atoms with van der Waals surface area (Å²) in [7, 11) is 1.62. The molecule has 8 nitrogen and oxygen atoms in total. The lowest BCUT2D eigenvalue weighted by Gasteiger charge is -2.31. The Bertz CT molecular complexity index is 1070. The molecule has 1 aliphatic rings. The number of nitrogens with one attached hydrogen (secondary N) is 2. The van der Waals surface area contributed by atoms with Crippen molar-refractivity contribution < 1.29 is 14.3 Å². The third-order valence-corrected chi connectivity index (χ3v) is 6.05. The van der Waals surface area contributed by atoms with Crippen molar-refractivity contribution in [3.05, 3.63) is 65.4 Å². The van der Waals surface area contributed by atoms with E-state index in [0.717, 1.165) is 30.0 Å². The summed E-state index contributed by atoms with van der Waals surface area (Å²) in [6.45, 7) is 1.40. The minimum Gasteiger partial charge on any atom is -0.497 e. The first-order chi connectivity index (χ1) is 15.6. The molecule has 32 heavy (non-hydrogen) atoms. The molecule has 2 N–H and O–H groups in total. The predicted octanol–water partition coefficient (Wildman–Crippen LogP) is 3.46. The molecule has 1 aliphatic heterocycles. The Morgan fingerprint density at radius 3 is 2.97 bits per heavy atom.